The third-order valence-electron chi connectivity index (χ3n) is 3.02. The van der Waals surface area contributed by atoms with Crippen LogP contribution in [-0.2, 0) is 11.3 Å². The maximum absolute atomic E-state index is 11.7. The molecule has 20 heavy (non-hydrogen) atoms. The number of benzene rings is 1. The van der Waals surface area contributed by atoms with Gasteiger partial charge in [-0.15, -0.1) is 0 Å². The van der Waals surface area contributed by atoms with Gasteiger partial charge >= 0.3 is 12.0 Å². The van der Waals surface area contributed by atoms with Gasteiger partial charge in [-0.3, -0.25) is 0 Å². The second kappa shape index (κ2) is 6.95. The molecule has 110 valence electrons. The highest BCUT2D eigenvalue weighted by Crippen LogP contribution is 2.21. The van der Waals surface area contributed by atoms with Crippen LogP contribution in [-0.4, -0.2) is 22.6 Å². The molecule has 1 atom stereocenters. The van der Waals surface area contributed by atoms with Gasteiger partial charge in [-0.25, -0.2) is 9.59 Å². The van der Waals surface area contributed by atoms with Gasteiger partial charge in [-0.2, -0.15) is 0 Å². The number of carboxylic acids is 1. The summed E-state index contributed by atoms with van der Waals surface area (Å²) in [5, 5.41) is 14.6. The number of halogens is 2. The van der Waals surface area contributed by atoms with Crippen molar-refractivity contribution in [1.29, 1.82) is 0 Å². The average molecular weight is 364 g/mol. The number of carboxylic acid groups (broad SMARTS) is 1. The molecule has 0 aliphatic carbocycles. The van der Waals surface area contributed by atoms with Crippen LogP contribution >= 0.6 is 27.5 Å². The Morgan fingerprint density at radius 2 is 2.10 bits per heavy atom. The molecule has 0 aliphatic rings. The summed E-state index contributed by atoms with van der Waals surface area (Å²) in [7, 11) is 0. The first kappa shape index (κ1) is 16.8. The van der Waals surface area contributed by atoms with Gasteiger partial charge in [0.1, 0.15) is 5.54 Å². The molecule has 0 aliphatic heterocycles. The topological polar surface area (TPSA) is 78.4 Å². The zero-order valence-electron chi connectivity index (χ0n) is 11.2. The van der Waals surface area contributed by atoms with E-state index in [0.717, 1.165) is 10.0 Å². The van der Waals surface area contributed by atoms with Gasteiger partial charge in [0.25, 0.3) is 0 Å². The molecule has 1 unspecified atom stereocenters. The van der Waals surface area contributed by atoms with E-state index in [0.29, 0.717) is 5.02 Å². The average Bonchev–Trinajstić information content (AvgIpc) is 2.37. The summed E-state index contributed by atoms with van der Waals surface area (Å²) in [4.78, 5) is 22.8. The molecule has 0 saturated carbocycles. The van der Waals surface area contributed by atoms with E-state index >= 15 is 0 Å². The lowest BCUT2D eigenvalue weighted by atomic mass is 10.00. The Hall–Kier alpha value is -1.27. The molecular formula is C13H16BrClN2O3. The Balaban J connectivity index is 2.62. The van der Waals surface area contributed by atoms with Crippen LogP contribution in [0.5, 0.6) is 0 Å². The first-order valence-corrected chi connectivity index (χ1v) is 7.19. The minimum Gasteiger partial charge on any atom is -0.480 e. The van der Waals surface area contributed by atoms with Crippen molar-refractivity contribution in [3.05, 3.63) is 33.3 Å². The van der Waals surface area contributed by atoms with Crippen molar-refractivity contribution >= 4 is 39.5 Å². The molecule has 5 nitrogen and oxygen atoms in total. The van der Waals surface area contributed by atoms with E-state index in [1.165, 1.54) is 6.92 Å². The summed E-state index contributed by atoms with van der Waals surface area (Å²) >= 11 is 9.32. The zero-order chi connectivity index (χ0) is 15.3. The lowest BCUT2D eigenvalue weighted by Gasteiger charge is -2.24. The van der Waals surface area contributed by atoms with Crippen molar-refractivity contribution in [2.45, 2.75) is 32.4 Å². The molecule has 0 saturated heterocycles. The van der Waals surface area contributed by atoms with E-state index in [9.17, 15) is 9.59 Å². The van der Waals surface area contributed by atoms with Crippen molar-refractivity contribution in [1.82, 2.24) is 10.6 Å². The molecule has 0 aromatic heterocycles. The maximum Gasteiger partial charge on any atom is 0.329 e. The van der Waals surface area contributed by atoms with E-state index < -0.39 is 17.5 Å². The first-order valence-electron chi connectivity index (χ1n) is 6.02. The van der Waals surface area contributed by atoms with E-state index in [4.69, 9.17) is 16.7 Å². The standard InChI is InChI=1S/C13H16BrClN2O3/c1-3-13(2,11(18)19)17-12(20)16-7-8-4-5-9(14)6-10(8)15/h4-6H,3,7H2,1-2H3,(H,18,19)(H2,16,17,20). The van der Waals surface area contributed by atoms with Crippen molar-refractivity contribution in [2.75, 3.05) is 0 Å². The van der Waals surface area contributed by atoms with Crippen LogP contribution in [0.3, 0.4) is 0 Å². The fourth-order valence-electron chi connectivity index (χ4n) is 1.43. The number of aliphatic carboxylic acids is 1. The predicted octanol–water partition coefficient (Wildman–Crippen LogP) is 3.16. The molecule has 1 aromatic rings. The maximum atomic E-state index is 11.7. The van der Waals surface area contributed by atoms with Gasteiger partial charge in [-0.1, -0.05) is 40.5 Å². The Kier molecular flexibility index (Phi) is 5.83. The normalized spacial score (nSPS) is 13.4. The monoisotopic (exact) mass is 362 g/mol. The smallest absolute Gasteiger partial charge is 0.329 e. The van der Waals surface area contributed by atoms with Gasteiger partial charge < -0.3 is 15.7 Å². The fraction of sp³-hybridized carbons (Fsp3) is 0.385. The lowest BCUT2D eigenvalue weighted by Crippen LogP contribution is -2.54. The number of hydrogen-bond donors (Lipinski definition) is 3. The summed E-state index contributed by atoms with van der Waals surface area (Å²) in [6.07, 6.45) is 0.287. The largest absolute Gasteiger partial charge is 0.480 e. The highest BCUT2D eigenvalue weighted by atomic mass is 79.9. The SMILES string of the molecule is CCC(C)(NC(=O)NCc1ccc(Br)cc1Cl)C(=O)O. The number of carbonyl (C=O) groups excluding carboxylic acids is 1. The predicted molar refractivity (Wildman–Crippen MR) is 80.9 cm³/mol. The summed E-state index contributed by atoms with van der Waals surface area (Å²) < 4.78 is 0.847. The molecule has 0 radical (unpaired) electrons. The Labute approximate surface area is 130 Å². The number of carbonyl (C=O) groups is 2. The molecule has 2 amide bonds. The highest BCUT2D eigenvalue weighted by Gasteiger charge is 2.32. The number of hydrogen-bond acceptors (Lipinski definition) is 2. The van der Waals surface area contributed by atoms with Gasteiger partial charge in [0, 0.05) is 16.0 Å². The third kappa shape index (κ3) is 4.38. The fourth-order valence-corrected chi connectivity index (χ4v) is 2.17. The minimum atomic E-state index is -1.28. The summed E-state index contributed by atoms with van der Waals surface area (Å²) in [6, 6.07) is 4.77. The van der Waals surface area contributed by atoms with Crippen LogP contribution in [0, 0.1) is 0 Å². The highest BCUT2D eigenvalue weighted by molar-refractivity contribution is 9.10. The third-order valence-corrected chi connectivity index (χ3v) is 3.87. The zero-order valence-corrected chi connectivity index (χ0v) is 13.5. The summed E-state index contributed by atoms with van der Waals surface area (Å²) in [5.41, 5.74) is -0.535. The molecule has 3 N–H and O–H groups in total. The molecule has 0 fully saturated rings. The number of rotatable bonds is 5. The summed E-state index contributed by atoms with van der Waals surface area (Å²) in [6.45, 7) is 3.37. The second-order valence-corrected chi connectivity index (χ2v) is 5.86. The van der Waals surface area contributed by atoms with Crippen molar-refractivity contribution in [3.8, 4) is 0 Å². The van der Waals surface area contributed by atoms with Crippen molar-refractivity contribution < 1.29 is 14.7 Å². The van der Waals surface area contributed by atoms with Crippen LogP contribution < -0.4 is 10.6 Å². The van der Waals surface area contributed by atoms with Crippen LogP contribution in [0.2, 0.25) is 5.02 Å². The second-order valence-electron chi connectivity index (χ2n) is 4.53. The quantitative estimate of drug-likeness (QED) is 0.752. The molecule has 1 rings (SSSR count). The van der Waals surface area contributed by atoms with E-state index in [1.54, 1.807) is 19.1 Å². The lowest BCUT2D eigenvalue weighted by molar-refractivity contribution is -0.143. The van der Waals surface area contributed by atoms with Crippen LogP contribution in [0.15, 0.2) is 22.7 Å². The molecule has 0 bridgehead atoms. The van der Waals surface area contributed by atoms with Crippen LogP contribution in [0.25, 0.3) is 0 Å². The molecule has 0 spiro atoms. The van der Waals surface area contributed by atoms with E-state index in [1.807, 2.05) is 6.07 Å². The molecule has 7 heteroatoms. The van der Waals surface area contributed by atoms with Crippen molar-refractivity contribution in [3.63, 3.8) is 0 Å². The van der Waals surface area contributed by atoms with Gasteiger partial charge in [0.15, 0.2) is 0 Å². The van der Waals surface area contributed by atoms with Gasteiger partial charge in [-0.05, 0) is 31.0 Å². The minimum absolute atomic E-state index is 0.220. The van der Waals surface area contributed by atoms with Crippen LogP contribution in [0.4, 0.5) is 4.79 Å². The summed E-state index contributed by atoms with van der Waals surface area (Å²) in [5.74, 6) is -1.07. The van der Waals surface area contributed by atoms with Crippen LogP contribution in [0.1, 0.15) is 25.8 Å². The molecular weight excluding hydrogens is 348 g/mol. The van der Waals surface area contributed by atoms with E-state index in [-0.39, 0.29) is 13.0 Å². The van der Waals surface area contributed by atoms with E-state index in [2.05, 4.69) is 26.6 Å². The Morgan fingerprint density at radius 1 is 1.45 bits per heavy atom. The van der Waals surface area contributed by atoms with Gasteiger partial charge in [0.2, 0.25) is 0 Å². The number of urea groups is 1. The molecule has 0 heterocycles. The van der Waals surface area contributed by atoms with Crippen molar-refractivity contribution in [2.24, 2.45) is 0 Å². The van der Waals surface area contributed by atoms with Gasteiger partial charge in [0.05, 0.1) is 0 Å². The molecule has 1 aromatic carbocycles. The number of amides is 2. The first-order chi connectivity index (χ1) is 9.28. The Bertz CT molecular complexity index is 524. The number of nitrogens with one attached hydrogen (secondary N) is 2. The Morgan fingerprint density at radius 3 is 2.60 bits per heavy atom.